The van der Waals surface area contributed by atoms with E-state index in [1.165, 1.54) is 4.57 Å². The van der Waals surface area contributed by atoms with Crippen molar-refractivity contribution in [1.82, 2.24) is 9.88 Å². The van der Waals surface area contributed by atoms with Crippen molar-refractivity contribution < 1.29 is 4.79 Å². The summed E-state index contributed by atoms with van der Waals surface area (Å²) in [5.41, 5.74) is 0.176. The smallest absolute Gasteiger partial charge is 0.274 e. The van der Waals surface area contributed by atoms with Crippen LogP contribution in [0.25, 0.3) is 0 Å². The van der Waals surface area contributed by atoms with E-state index in [9.17, 15) is 9.59 Å². The van der Waals surface area contributed by atoms with Gasteiger partial charge in [0.15, 0.2) is 0 Å². The second-order valence-electron chi connectivity index (χ2n) is 4.37. The van der Waals surface area contributed by atoms with Crippen LogP contribution in [-0.2, 0) is 11.8 Å². The molecule has 2 N–H and O–H groups in total. The average Bonchev–Trinajstić information content (AvgIpc) is 2.36. The quantitative estimate of drug-likeness (QED) is 0.776. The Hall–Kier alpha value is -1.62. The van der Waals surface area contributed by atoms with Crippen molar-refractivity contribution in [3.63, 3.8) is 0 Å². The number of anilines is 1. The van der Waals surface area contributed by atoms with Crippen LogP contribution in [0.15, 0.2) is 23.1 Å². The van der Waals surface area contributed by atoms with Crippen LogP contribution in [0.2, 0.25) is 0 Å². The predicted octanol–water partition coefficient (Wildman–Crippen LogP) is 0.323. The van der Waals surface area contributed by atoms with E-state index in [2.05, 4.69) is 10.6 Å². The molecular weight excluding hydrogens is 218 g/mol. The van der Waals surface area contributed by atoms with Crippen LogP contribution in [0.1, 0.15) is 12.8 Å². The van der Waals surface area contributed by atoms with Crippen LogP contribution in [0, 0.1) is 5.92 Å². The molecular formula is C12H17N3O2. The number of nitrogens with one attached hydrogen (secondary N) is 2. The summed E-state index contributed by atoms with van der Waals surface area (Å²) in [5, 5.41) is 5.89. The number of pyridine rings is 1. The standard InChI is InChI=1S/C12H17N3O2/c1-15-7-3-5-10(12(15)17)14-11(16)9-4-2-6-13-8-9/h3,5,7,9,13H,2,4,6,8H2,1H3,(H,14,16)/t9-/m1/s1. The summed E-state index contributed by atoms with van der Waals surface area (Å²) in [6.07, 6.45) is 3.55. The minimum absolute atomic E-state index is 0.0336. The lowest BCUT2D eigenvalue weighted by Gasteiger charge is -2.21. The third-order valence-corrected chi connectivity index (χ3v) is 3.05. The van der Waals surface area contributed by atoms with Gasteiger partial charge in [-0.25, -0.2) is 0 Å². The van der Waals surface area contributed by atoms with Gasteiger partial charge in [-0.2, -0.15) is 0 Å². The summed E-state index contributed by atoms with van der Waals surface area (Å²) >= 11 is 0. The summed E-state index contributed by atoms with van der Waals surface area (Å²) in [6, 6.07) is 3.38. The van der Waals surface area contributed by atoms with Gasteiger partial charge >= 0.3 is 0 Å². The lowest BCUT2D eigenvalue weighted by molar-refractivity contribution is -0.120. The number of aryl methyl sites for hydroxylation is 1. The largest absolute Gasteiger partial charge is 0.321 e. The van der Waals surface area contributed by atoms with Crippen LogP contribution in [-0.4, -0.2) is 23.6 Å². The van der Waals surface area contributed by atoms with Gasteiger partial charge in [-0.05, 0) is 31.5 Å². The van der Waals surface area contributed by atoms with E-state index >= 15 is 0 Å². The molecule has 5 heteroatoms. The third kappa shape index (κ3) is 2.74. The number of aromatic nitrogens is 1. The second kappa shape index (κ2) is 5.14. The number of amides is 1. The molecule has 1 atom stereocenters. The predicted molar refractivity (Wildman–Crippen MR) is 65.9 cm³/mol. The molecule has 1 aromatic rings. The van der Waals surface area contributed by atoms with Crippen molar-refractivity contribution in [2.24, 2.45) is 13.0 Å². The number of nitrogens with zero attached hydrogens (tertiary/aromatic N) is 1. The van der Waals surface area contributed by atoms with Crippen molar-refractivity contribution in [3.05, 3.63) is 28.7 Å². The molecule has 0 saturated carbocycles. The fourth-order valence-electron chi connectivity index (χ4n) is 2.00. The first-order valence-electron chi connectivity index (χ1n) is 5.85. The molecule has 0 radical (unpaired) electrons. The Morgan fingerprint density at radius 2 is 2.41 bits per heavy atom. The molecule has 1 aliphatic rings. The summed E-state index contributed by atoms with van der Waals surface area (Å²) < 4.78 is 1.45. The second-order valence-corrected chi connectivity index (χ2v) is 4.37. The molecule has 2 rings (SSSR count). The van der Waals surface area contributed by atoms with Gasteiger partial charge in [-0.1, -0.05) is 0 Å². The fraction of sp³-hybridized carbons (Fsp3) is 0.500. The van der Waals surface area contributed by atoms with Gasteiger partial charge < -0.3 is 15.2 Å². The SMILES string of the molecule is Cn1cccc(NC(=O)[C@@H]2CCCNC2)c1=O. The first-order chi connectivity index (χ1) is 8.18. The normalized spacial score (nSPS) is 19.9. The maximum atomic E-state index is 11.9. The Kier molecular flexibility index (Phi) is 3.58. The molecule has 1 aliphatic heterocycles. The molecule has 1 fully saturated rings. The molecule has 1 aromatic heterocycles. The van der Waals surface area contributed by atoms with Crippen molar-refractivity contribution in [1.29, 1.82) is 0 Å². The zero-order valence-corrected chi connectivity index (χ0v) is 9.90. The van der Waals surface area contributed by atoms with Gasteiger partial charge in [0.2, 0.25) is 5.91 Å². The zero-order valence-electron chi connectivity index (χ0n) is 9.90. The lowest BCUT2D eigenvalue weighted by atomic mass is 9.99. The molecule has 2 heterocycles. The van der Waals surface area contributed by atoms with E-state index in [4.69, 9.17) is 0 Å². The molecule has 1 amide bonds. The van der Waals surface area contributed by atoms with E-state index in [-0.39, 0.29) is 17.4 Å². The molecule has 0 aliphatic carbocycles. The summed E-state index contributed by atoms with van der Waals surface area (Å²) in [7, 11) is 1.67. The molecule has 0 spiro atoms. The number of carbonyl (C=O) groups is 1. The van der Waals surface area contributed by atoms with Gasteiger partial charge in [0.1, 0.15) is 5.69 Å². The minimum atomic E-state index is -0.176. The molecule has 0 unspecified atom stereocenters. The van der Waals surface area contributed by atoms with Gasteiger partial charge in [-0.15, -0.1) is 0 Å². The first-order valence-corrected chi connectivity index (χ1v) is 5.85. The summed E-state index contributed by atoms with van der Waals surface area (Å²) in [5.74, 6) is -0.103. The zero-order chi connectivity index (χ0) is 12.3. The van der Waals surface area contributed by atoms with E-state index in [0.29, 0.717) is 12.2 Å². The first kappa shape index (κ1) is 11.9. The van der Waals surface area contributed by atoms with E-state index in [1.807, 2.05) is 0 Å². The molecule has 17 heavy (non-hydrogen) atoms. The summed E-state index contributed by atoms with van der Waals surface area (Å²) in [6.45, 7) is 1.66. The van der Waals surface area contributed by atoms with Gasteiger partial charge in [0.05, 0.1) is 5.92 Å². The van der Waals surface area contributed by atoms with Gasteiger partial charge in [0.25, 0.3) is 5.56 Å². The number of piperidine rings is 1. The highest BCUT2D eigenvalue weighted by Crippen LogP contribution is 2.12. The average molecular weight is 235 g/mol. The number of hydrogen-bond donors (Lipinski definition) is 2. The van der Waals surface area contributed by atoms with Gasteiger partial charge in [0, 0.05) is 19.8 Å². The Morgan fingerprint density at radius 3 is 3.12 bits per heavy atom. The van der Waals surface area contributed by atoms with Crippen LogP contribution >= 0.6 is 0 Å². The molecule has 5 nitrogen and oxygen atoms in total. The lowest BCUT2D eigenvalue weighted by Crippen LogP contribution is -2.38. The Labute approximate surface area is 99.8 Å². The highest BCUT2D eigenvalue weighted by atomic mass is 16.2. The van der Waals surface area contributed by atoms with Crippen LogP contribution in [0.5, 0.6) is 0 Å². The molecule has 0 aromatic carbocycles. The fourth-order valence-corrected chi connectivity index (χ4v) is 2.00. The van der Waals surface area contributed by atoms with E-state index in [1.54, 1.807) is 25.4 Å². The Bertz CT molecular complexity index is 461. The van der Waals surface area contributed by atoms with Gasteiger partial charge in [-0.3, -0.25) is 9.59 Å². The highest BCUT2D eigenvalue weighted by Gasteiger charge is 2.21. The third-order valence-electron chi connectivity index (χ3n) is 3.05. The van der Waals surface area contributed by atoms with Crippen LogP contribution < -0.4 is 16.2 Å². The monoisotopic (exact) mass is 235 g/mol. The van der Waals surface area contributed by atoms with Crippen molar-refractivity contribution in [2.75, 3.05) is 18.4 Å². The number of hydrogen-bond acceptors (Lipinski definition) is 3. The number of rotatable bonds is 2. The van der Waals surface area contributed by atoms with Crippen LogP contribution in [0.4, 0.5) is 5.69 Å². The Morgan fingerprint density at radius 1 is 1.59 bits per heavy atom. The Balaban J connectivity index is 2.07. The minimum Gasteiger partial charge on any atom is -0.321 e. The van der Waals surface area contributed by atoms with Crippen molar-refractivity contribution in [3.8, 4) is 0 Å². The van der Waals surface area contributed by atoms with E-state index in [0.717, 1.165) is 19.4 Å². The van der Waals surface area contributed by atoms with E-state index < -0.39 is 0 Å². The summed E-state index contributed by atoms with van der Waals surface area (Å²) in [4.78, 5) is 23.7. The van der Waals surface area contributed by atoms with Crippen molar-refractivity contribution in [2.45, 2.75) is 12.8 Å². The molecule has 1 saturated heterocycles. The molecule has 0 bridgehead atoms. The maximum absolute atomic E-state index is 11.9. The number of carbonyl (C=O) groups excluding carboxylic acids is 1. The molecule has 92 valence electrons. The van der Waals surface area contributed by atoms with Crippen LogP contribution in [0.3, 0.4) is 0 Å². The maximum Gasteiger partial charge on any atom is 0.274 e. The topological polar surface area (TPSA) is 63.1 Å². The van der Waals surface area contributed by atoms with Crippen molar-refractivity contribution >= 4 is 11.6 Å². The highest BCUT2D eigenvalue weighted by molar-refractivity contribution is 5.92.